The van der Waals surface area contributed by atoms with Crippen molar-refractivity contribution in [2.45, 2.75) is 81.9 Å². The maximum Gasteiger partial charge on any atom is 0.332 e. The summed E-state index contributed by atoms with van der Waals surface area (Å²) in [5.74, 6) is 0. The van der Waals surface area contributed by atoms with Gasteiger partial charge in [-0.15, -0.1) is 0 Å². The number of rotatable bonds is 4. The van der Waals surface area contributed by atoms with E-state index in [9.17, 15) is 13.2 Å². The van der Waals surface area contributed by atoms with Gasteiger partial charge in [-0.25, -0.2) is 17.9 Å². The number of fused-ring (bicyclic) bond motifs is 2. The number of nitrogens with one attached hydrogen (secondary N) is 2. The summed E-state index contributed by atoms with van der Waals surface area (Å²) in [5.41, 5.74) is 5.96. The molecular weight excluding hydrogens is 425 g/mol. The molecule has 0 unspecified atom stereocenters. The van der Waals surface area contributed by atoms with E-state index in [1.54, 1.807) is 0 Å². The number of anilines is 1. The summed E-state index contributed by atoms with van der Waals surface area (Å²) < 4.78 is 27.7. The minimum absolute atomic E-state index is 0. The molecule has 1 aromatic carbocycles. The average Bonchev–Trinajstić information content (AvgIpc) is 3.29. The molecule has 0 bridgehead atoms. The van der Waals surface area contributed by atoms with Crippen LogP contribution < -0.4 is 10.0 Å². The molecule has 0 aromatic heterocycles. The SMILES string of the molecule is O=C(Nc1c2c(cc3c1CCC3)CCC2)NS(=O)(=O)C1CN(C2CCCCC2)C1.[K]. The summed E-state index contributed by atoms with van der Waals surface area (Å²) >= 11 is 0. The minimum Gasteiger partial charge on any atom is -0.307 e. The number of carbonyl (C=O) groups excluding carboxylic acids is 1. The van der Waals surface area contributed by atoms with Gasteiger partial charge in [-0.05, 0) is 73.6 Å². The fourth-order valence-corrected chi connectivity index (χ4v) is 6.98. The largest absolute Gasteiger partial charge is 0.332 e. The first-order chi connectivity index (χ1) is 14.0. The Kier molecular flexibility index (Phi) is 7.34. The van der Waals surface area contributed by atoms with Crippen molar-refractivity contribution in [3.05, 3.63) is 28.3 Å². The van der Waals surface area contributed by atoms with Crippen LogP contribution >= 0.6 is 0 Å². The van der Waals surface area contributed by atoms with Gasteiger partial charge in [0, 0.05) is 76.2 Å². The quantitative estimate of drug-likeness (QED) is 0.683. The zero-order valence-corrected chi connectivity index (χ0v) is 21.9. The second-order valence-corrected chi connectivity index (χ2v) is 11.2. The number of urea groups is 1. The molecule has 1 heterocycles. The Balaban J connectivity index is 0.00000218. The van der Waals surface area contributed by atoms with Crippen molar-refractivity contribution in [3.8, 4) is 0 Å². The monoisotopic (exact) mass is 456 g/mol. The van der Waals surface area contributed by atoms with Crippen LogP contribution in [0.1, 0.15) is 67.2 Å². The van der Waals surface area contributed by atoms with Crippen LogP contribution in [0.5, 0.6) is 0 Å². The van der Waals surface area contributed by atoms with Crippen LogP contribution in [-0.2, 0) is 35.7 Å². The first kappa shape index (κ1) is 23.2. The first-order valence-corrected chi connectivity index (χ1v) is 12.8. The number of aryl methyl sites for hydroxylation is 2. The normalized spacial score (nSPS) is 22.0. The summed E-state index contributed by atoms with van der Waals surface area (Å²) in [7, 11) is -3.65. The van der Waals surface area contributed by atoms with Crippen molar-refractivity contribution in [3.63, 3.8) is 0 Å². The molecule has 30 heavy (non-hydrogen) atoms. The molecule has 3 aliphatic carbocycles. The van der Waals surface area contributed by atoms with Crippen LogP contribution in [0.2, 0.25) is 0 Å². The predicted molar refractivity (Wildman–Crippen MR) is 120 cm³/mol. The fraction of sp³-hybridized carbons (Fsp3) is 0.682. The third kappa shape index (κ3) is 4.56. The molecule has 2 fully saturated rings. The molecule has 0 spiro atoms. The summed E-state index contributed by atoms with van der Waals surface area (Å²) in [4.78, 5) is 14.9. The Morgan fingerprint density at radius 3 is 2.10 bits per heavy atom. The number of likely N-dealkylation sites (tertiary alicyclic amines) is 1. The number of nitrogens with zero attached hydrogens (tertiary/aromatic N) is 1. The van der Waals surface area contributed by atoms with Gasteiger partial charge in [0.2, 0.25) is 10.0 Å². The van der Waals surface area contributed by atoms with Crippen molar-refractivity contribution in [1.82, 2.24) is 9.62 Å². The van der Waals surface area contributed by atoms with Crippen LogP contribution in [0.15, 0.2) is 6.07 Å². The molecular formula is C22H31KN3O3S. The van der Waals surface area contributed by atoms with Crippen LogP contribution in [0, 0.1) is 0 Å². The number of benzene rings is 1. The Morgan fingerprint density at radius 2 is 1.50 bits per heavy atom. The summed E-state index contributed by atoms with van der Waals surface area (Å²) in [6.45, 7) is 1.09. The van der Waals surface area contributed by atoms with E-state index in [2.05, 4.69) is 21.0 Å². The van der Waals surface area contributed by atoms with Crippen molar-refractivity contribution in [2.75, 3.05) is 18.4 Å². The Labute approximate surface area is 222 Å². The molecule has 5 rings (SSSR count). The van der Waals surface area contributed by atoms with E-state index >= 15 is 0 Å². The first-order valence-electron chi connectivity index (χ1n) is 11.2. The molecule has 159 valence electrons. The molecule has 0 atom stereocenters. The smallest absolute Gasteiger partial charge is 0.307 e. The minimum atomic E-state index is -3.65. The standard InChI is InChI=1S/C22H31N3O3S.K/c26-22(23-21-19-10-4-6-15(19)12-16-7-5-11-20(16)21)24-29(27,28)18-13-25(14-18)17-8-2-1-3-9-17;/h12,17-18H,1-11,13-14H2,(H2,23,24,26);. The number of amides is 2. The third-order valence-corrected chi connectivity index (χ3v) is 9.00. The zero-order valence-electron chi connectivity index (χ0n) is 18.0. The second kappa shape index (κ2) is 9.49. The Morgan fingerprint density at radius 1 is 0.900 bits per heavy atom. The maximum atomic E-state index is 12.7. The molecule has 2 amide bonds. The van der Waals surface area contributed by atoms with Crippen LogP contribution in [0.25, 0.3) is 0 Å². The van der Waals surface area contributed by atoms with E-state index in [1.165, 1.54) is 54.4 Å². The zero-order chi connectivity index (χ0) is 20.0. The Bertz CT molecular complexity index is 890. The fourth-order valence-electron chi connectivity index (χ4n) is 5.73. The number of carbonyl (C=O) groups is 1. The van der Waals surface area contributed by atoms with E-state index in [4.69, 9.17) is 0 Å². The third-order valence-electron chi connectivity index (χ3n) is 7.35. The Hall–Kier alpha value is 0.0364. The number of hydrogen-bond acceptors (Lipinski definition) is 4. The molecule has 1 saturated heterocycles. The topological polar surface area (TPSA) is 78.5 Å². The van der Waals surface area contributed by atoms with E-state index in [0.29, 0.717) is 19.1 Å². The van der Waals surface area contributed by atoms with Gasteiger partial charge in [0.25, 0.3) is 0 Å². The number of sulfonamides is 1. The van der Waals surface area contributed by atoms with Crippen LogP contribution in [0.3, 0.4) is 0 Å². The molecule has 4 aliphatic rings. The predicted octanol–water partition coefficient (Wildman–Crippen LogP) is 2.75. The molecule has 1 aliphatic heterocycles. The van der Waals surface area contributed by atoms with Gasteiger partial charge < -0.3 is 5.32 Å². The van der Waals surface area contributed by atoms with Gasteiger partial charge in [0.05, 0.1) is 0 Å². The van der Waals surface area contributed by atoms with E-state index in [0.717, 1.165) is 44.2 Å². The van der Waals surface area contributed by atoms with Crippen molar-refractivity contribution < 1.29 is 13.2 Å². The van der Waals surface area contributed by atoms with E-state index in [1.807, 2.05) is 0 Å². The average molecular weight is 457 g/mol. The van der Waals surface area contributed by atoms with Crippen molar-refractivity contribution >= 4 is 73.1 Å². The summed E-state index contributed by atoms with van der Waals surface area (Å²) in [5, 5.41) is 2.45. The molecule has 1 aromatic rings. The molecule has 2 N–H and O–H groups in total. The van der Waals surface area contributed by atoms with Gasteiger partial charge in [-0.3, -0.25) is 4.90 Å². The van der Waals surface area contributed by atoms with Gasteiger partial charge in [-0.1, -0.05) is 25.3 Å². The van der Waals surface area contributed by atoms with Gasteiger partial charge >= 0.3 is 6.03 Å². The summed E-state index contributed by atoms with van der Waals surface area (Å²) in [6.07, 6.45) is 12.4. The van der Waals surface area contributed by atoms with E-state index < -0.39 is 21.3 Å². The van der Waals surface area contributed by atoms with Crippen molar-refractivity contribution in [1.29, 1.82) is 0 Å². The van der Waals surface area contributed by atoms with Gasteiger partial charge in [0.15, 0.2) is 0 Å². The number of hydrogen-bond donors (Lipinski definition) is 2. The van der Waals surface area contributed by atoms with E-state index in [-0.39, 0.29) is 51.4 Å². The van der Waals surface area contributed by atoms with Gasteiger partial charge in [-0.2, -0.15) is 0 Å². The molecule has 6 nitrogen and oxygen atoms in total. The maximum absolute atomic E-state index is 12.7. The van der Waals surface area contributed by atoms with Crippen molar-refractivity contribution in [2.24, 2.45) is 0 Å². The molecule has 1 saturated carbocycles. The van der Waals surface area contributed by atoms with Crippen LogP contribution in [0.4, 0.5) is 10.5 Å². The molecule has 8 heteroatoms. The second-order valence-electron chi connectivity index (χ2n) is 9.20. The van der Waals surface area contributed by atoms with Crippen LogP contribution in [-0.4, -0.2) is 95.1 Å². The summed E-state index contributed by atoms with van der Waals surface area (Å²) in [6, 6.07) is 2.23. The molecule has 1 radical (unpaired) electrons. The van der Waals surface area contributed by atoms with Gasteiger partial charge in [0.1, 0.15) is 5.25 Å².